The fourth-order valence-corrected chi connectivity index (χ4v) is 3.93. The van der Waals surface area contributed by atoms with E-state index in [0.717, 1.165) is 17.9 Å². The first-order chi connectivity index (χ1) is 9.35. The highest BCUT2D eigenvalue weighted by molar-refractivity contribution is 4.98. The van der Waals surface area contributed by atoms with Gasteiger partial charge in [-0.25, -0.2) is 0 Å². The van der Waals surface area contributed by atoms with Crippen LogP contribution in [-0.2, 0) is 0 Å². The summed E-state index contributed by atoms with van der Waals surface area (Å²) in [7, 11) is 0. The first kappa shape index (κ1) is 16.3. The average Bonchev–Trinajstić information content (AvgIpc) is 3.20. The lowest BCUT2D eigenvalue weighted by atomic mass is 9.67. The van der Waals surface area contributed by atoms with Crippen LogP contribution in [0.4, 0.5) is 0 Å². The van der Waals surface area contributed by atoms with Gasteiger partial charge in [0, 0.05) is 24.7 Å². The van der Waals surface area contributed by atoms with Crippen molar-refractivity contribution in [3.8, 4) is 0 Å². The van der Waals surface area contributed by atoms with E-state index in [1.807, 2.05) is 0 Å². The molecule has 2 N–H and O–H groups in total. The lowest BCUT2D eigenvalue weighted by Gasteiger charge is -2.46. The van der Waals surface area contributed by atoms with Crippen LogP contribution in [0.2, 0.25) is 0 Å². The molecule has 2 fully saturated rings. The van der Waals surface area contributed by atoms with Crippen LogP contribution in [0.15, 0.2) is 0 Å². The second-order valence-corrected chi connectivity index (χ2v) is 8.41. The number of hydrogen-bond donors (Lipinski definition) is 1. The molecule has 0 aliphatic heterocycles. The van der Waals surface area contributed by atoms with Crippen molar-refractivity contribution < 1.29 is 0 Å². The Morgan fingerprint density at radius 3 is 2.30 bits per heavy atom. The molecule has 2 aliphatic rings. The molecule has 0 heterocycles. The van der Waals surface area contributed by atoms with Gasteiger partial charge in [-0.2, -0.15) is 0 Å². The summed E-state index contributed by atoms with van der Waals surface area (Å²) in [6, 6.07) is 1.88. The fourth-order valence-electron chi connectivity index (χ4n) is 3.93. The standard InChI is InChI=1S/C18H36N2/c1-6-18(4,5)14-7-10-16(19)17(11-14)20(12-13(2)3)15-8-9-15/h13-17H,6-12,19H2,1-5H3. The first-order valence-corrected chi connectivity index (χ1v) is 8.86. The third kappa shape index (κ3) is 3.76. The molecule has 0 bridgehead atoms. The maximum atomic E-state index is 6.53. The van der Waals surface area contributed by atoms with Gasteiger partial charge in [0.25, 0.3) is 0 Å². The van der Waals surface area contributed by atoms with Crippen LogP contribution in [0, 0.1) is 17.3 Å². The van der Waals surface area contributed by atoms with Gasteiger partial charge in [-0.15, -0.1) is 0 Å². The Morgan fingerprint density at radius 1 is 1.15 bits per heavy atom. The molecule has 0 amide bonds. The summed E-state index contributed by atoms with van der Waals surface area (Å²) in [5, 5.41) is 0. The second kappa shape index (κ2) is 6.36. The van der Waals surface area contributed by atoms with Crippen LogP contribution in [0.1, 0.15) is 73.1 Å². The highest BCUT2D eigenvalue weighted by atomic mass is 15.2. The molecule has 0 aromatic heterocycles. The smallest absolute Gasteiger partial charge is 0.0253 e. The molecule has 118 valence electrons. The van der Waals surface area contributed by atoms with E-state index in [-0.39, 0.29) is 0 Å². The van der Waals surface area contributed by atoms with Gasteiger partial charge in [0.05, 0.1) is 0 Å². The summed E-state index contributed by atoms with van der Waals surface area (Å²) in [5.41, 5.74) is 7.00. The molecular formula is C18H36N2. The zero-order chi connectivity index (χ0) is 14.9. The molecule has 2 rings (SSSR count). The minimum absolute atomic E-state index is 0.401. The number of rotatable bonds is 6. The van der Waals surface area contributed by atoms with E-state index in [9.17, 15) is 0 Å². The van der Waals surface area contributed by atoms with E-state index in [0.29, 0.717) is 17.5 Å². The number of nitrogens with zero attached hydrogens (tertiary/aromatic N) is 1. The summed E-state index contributed by atoms with van der Waals surface area (Å²) in [6.45, 7) is 13.2. The monoisotopic (exact) mass is 280 g/mol. The molecule has 2 nitrogen and oxygen atoms in total. The zero-order valence-electron chi connectivity index (χ0n) is 14.4. The minimum atomic E-state index is 0.401. The summed E-state index contributed by atoms with van der Waals surface area (Å²) >= 11 is 0. The van der Waals surface area contributed by atoms with E-state index in [4.69, 9.17) is 5.73 Å². The molecule has 2 heteroatoms. The fraction of sp³-hybridized carbons (Fsp3) is 1.00. The third-order valence-electron chi connectivity index (χ3n) is 5.90. The largest absolute Gasteiger partial charge is 0.326 e. The van der Waals surface area contributed by atoms with E-state index in [1.54, 1.807) is 0 Å². The van der Waals surface area contributed by atoms with Crippen molar-refractivity contribution in [3.05, 3.63) is 0 Å². The molecular weight excluding hydrogens is 244 g/mol. The van der Waals surface area contributed by atoms with Crippen molar-refractivity contribution >= 4 is 0 Å². The molecule has 2 aliphatic carbocycles. The van der Waals surface area contributed by atoms with Crippen molar-refractivity contribution in [3.63, 3.8) is 0 Å². The van der Waals surface area contributed by atoms with Crippen molar-refractivity contribution in [2.75, 3.05) is 6.54 Å². The maximum absolute atomic E-state index is 6.53. The number of nitrogens with two attached hydrogens (primary N) is 1. The van der Waals surface area contributed by atoms with Gasteiger partial charge in [0.2, 0.25) is 0 Å². The molecule has 0 radical (unpaired) electrons. The van der Waals surface area contributed by atoms with Crippen LogP contribution in [-0.4, -0.2) is 29.6 Å². The van der Waals surface area contributed by atoms with Crippen LogP contribution >= 0.6 is 0 Å². The SMILES string of the molecule is CCC(C)(C)C1CCC(N)C(N(CC(C)C)C2CC2)C1. The quantitative estimate of drug-likeness (QED) is 0.795. The van der Waals surface area contributed by atoms with Crippen LogP contribution in [0.5, 0.6) is 0 Å². The van der Waals surface area contributed by atoms with E-state index in [1.165, 1.54) is 45.1 Å². The van der Waals surface area contributed by atoms with Crippen molar-refractivity contribution in [1.29, 1.82) is 0 Å². The lowest BCUT2D eigenvalue weighted by molar-refractivity contribution is 0.0493. The maximum Gasteiger partial charge on any atom is 0.0253 e. The first-order valence-electron chi connectivity index (χ1n) is 8.86. The summed E-state index contributed by atoms with van der Waals surface area (Å²) in [6.07, 6.45) is 7.97. The Bertz CT molecular complexity index is 307. The molecule has 3 unspecified atom stereocenters. The van der Waals surface area contributed by atoms with E-state index >= 15 is 0 Å². The highest BCUT2D eigenvalue weighted by Crippen LogP contribution is 2.43. The van der Waals surface area contributed by atoms with Gasteiger partial charge < -0.3 is 5.73 Å². The Hall–Kier alpha value is -0.0800. The predicted molar refractivity (Wildman–Crippen MR) is 87.7 cm³/mol. The summed E-state index contributed by atoms with van der Waals surface area (Å²) in [4.78, 5) is 2.78. The van der Waals surface area contributed by atoms with E-state index < -0.39 is 0 Å². The number of hydrogen-bond acceptors (Lipinski definition) is 2. The highest BCUT2D eigenvalue weighted by Gasteiger charge is 2.42. The predicted octanol–water partition coefficient (Wildman–Crippen LogP) is 4.04. The molecule has 0 spiro atoms. The van der Waals surface area contributed by atoms with Crippen molar-refractivity contribution in [2.45, 2.75) is 91.3 Å². The Balaban J connectivity index is 2.06. The lowest BCUT2D eigenvalue weighted by Crippen LogP contribution is -2.54. The van der Waals surface area contributed by atoms with Crippen molar-refractivity contribution in [1.82, 2.24) is 4.90 Å². The zero-order valence-corrected chi connectivity index (χ0v) is 14.4. The van der Waals surface area contributed by atoms with Gasteiger partial charge in [0.1, 0.15) is 0 Å². The molecule has 0 aromatic carbocycles. The second-order valence-electron chi connectivity index (χ2n) is 8.41. The van der Waals surface area contributed by atoms with Gasteiger partial charge in [0.15, 0.2) is 0 Å². The van der Waals surface area contributed by atoms with Gasteiger partial charge in [-0.1, -0.05) is 41.0 Å². The topological polar surface area (TPSA) is 29.3 Å². The Kier molecular flexibility index (Phi) is 5.18. The normalized spacial score (nSPS) is 32.1. The summed E-state index contributed by atoms with van der Waals surface area (Å²) in [5.74, 6) is 1.60. The summed E-state index contributed by atoms with van der Waals surface area (Å²) < 4.78 is 0. The minimum Gasteiger partial charge on any atom is -0.326 e. The molecule has 0 saturated heterocycles. The molecule has 0 aromatic rings. The average molecular weight is 280 g/mol. The third-order valence-corrected chi connectivity index (χ3v) is 5.90. The molecule has 2 saturated carbocycles. The van der Waals surface area contributed by atoms with E-state index in [2.05, 4.69) is 39.5 Å². The molecule has 20 heavy (non-hydrogen) atoms. The Labute approximate surface area is 126 Å². The van der Waals surface area contributed by atoms with Crippen LogP contribution < -0.4 is 5.73 Å². The van der Waals surface area contributed by atoms with Crippen molar-refractivity contribution in [2.24, 2.45) is 23.0 Å². The van der Waals surface area contributed by atoms with Gasteiger partial charge >= 0.3 is 0 Å². The van der Waals surface area contributed by atoms with Gasteiger partial charge in [-0.3, -0.25) is 4.90 Å². The van der Waals surface area contributed by atoms with Crippen LogP contribution in [0.25, 0.3) is 0 Å². The van der Waals surface area contributed by atoms with Crippen LogP contribution in [0.3, 0.4) is 0 Å². The van der Waals surface area contributed by atoms with Gasteiger partial charge in [-0.05, 0) is 49.4 Å². The molecule has 3 atom stereocenters. The Morgan fingerprint density at radius 2 is 1.80 bits per heavy atom.